The van der Waals surface area contributed by atoms with E-state index in [4.69, 9.17) is 16.0 Å². The Bertz CT molecular complexity index is 798. The average Bonchev–Trinajstić information content (AvgIpc) is 2.76. The van der Waals surface area contributed by atoms with E-state index in [0.29, 0.717) is 25.6 Å². The van der Waals surface area contributed by atoms with Gasteiger partial charge in [-0.05, 0) is 0 Å². The van der Waals surface area contributed by atoms with E-state index in [1.165, 1.54) is 0 Å². The maximum atomic E-state index is 12.0. The van der Waals surface area contributed by atoms with Gasteiger partial charge in [0.1, 0.15) is 0 Å². The molecule has 0 unspecified atom stereocenters. The summed E-state index contributed by atoms with van der Waals surface area (Å²) >= 11 is 7.91. The van der Waals surface area contributed by atoms with Crippen molar-refractivity contribution in [3.05, 3.63) is 91.0 Å². The van der Waals surface area contributed by atoms with Crippen LogP contribution in [0, 0.1) is 0 Å². The number of ether oxygens (including phenoxy) is 1. The number of halogens is 1. The molecule has 28 heavy (non-hydrogen) atoms. The summed E-state index contributed by atoms with van der Waals surface area (Å²) < 4.78 is 5.14. The Labute approximate surface area is 172 Å². The van der Waals surface area contributed by atoms with Gasteiger partial charge in [0.2, 0.25) is 0 Å². The number of esters is 1. The van der Waals surface area contributed by atoms with Crippen LogP contribution in [-0.4, -0.2) is 18.7 Å². The molecule has 0 aliphatic rings. The molecule has 0 atom stereocenters. The zero-order valence-electron chi connectivity index (χ0n) is 16.1. The van der Waals surface area contributed by atoms with E-state index in [2.05, 4.69) is 36.4 Å². The first-order valence-corrected chi connectivity index (χ1v) is 13.0. The molecule has 0 saturated heterocycles. The molecule has 3 aromatic carbocycles. The van der Waals surface area contributed by atoms with Crippen LogP contribution in [0.1, 0.15) is 19.8 Å². The van der Waals surface area contributed by atoms with E-state index in [9.17, 15) is 4.79 Å². The summed E-state index contributed by atoms with van der Waals surface area (Å²) in [6, 6.07) is 31.0. The van der Waals surface area contributed by atoms with Crippen molar-refractivity contribution in [1.29, 1.82) is 0 Å². The Balaban J connectivity index is 2.17. The van der Waals surface area contributed by atoms with E-state index in [1.807, 2.05) is 61.5 Å². The van der Waals surface area contributed by atoms with Gasteiger partial charge in [-0.15, -0.1) is 0 Å². The first kappa shape index (κ1) is 20.6. The fraction of sp³-hybridized carbons (Fsp3) is 0.208. The molecule has 0 saturated carbocycles. The summed E-state index contributed by atoms with van der Waals surface area (Å²) in [5, 5.41) is 3.37. The van der Waals surface area contributed by atoms with E-state index in [1.54, 1.807) is 0 Å². The van der Waals surface area contributed by atoms with Crippen molar-refractivity contribution in [1.82, 2.24) is 0 Å². The Morgan fingerprint density at radius 3 is 1.54 bits per heavy atom. The van der Waals surface area contributed by atoms with Crippen molar-refractivity contribution >= 4 is 39.1 Å². The zero-order chi connectivity index (χ0) is 19.9. The fourth-order valence-corrected chi connectivity index (χ4v) is 9.98. The topological polar surface area (TPSA) is 26.3 Å². The van der Waals surface area contributed by atoms with Crippen LogP contribution in [0.3, 0.4) is 0 Å². The summed E-state index contributed by atoms with van der Waals surface area (Å²) in [5.41, 5.74) is 0. The number of carbonyl (C=O) groups is 1. The molecule has 0 spiro atoms. The average molecular weight is 413 g/mol. The molecular weight excluding hydrogens is 387 g/mol. The molecule has 0 bridgehead atoms. The van der Waals surface area contributed by atoms with Gasteiger partial charge in [-0.3, -0.25) is 0 Å². The van der Waals surface area contributed by atoms with Crippen molar-refractivity contribution in [3.63, 3.8) is 0 Å². The van der Waals surface area contributed by atoms with E-state index in [-0.39, 0.29) is 5.97 Å². The first-order valence-electron chi connectivity index (χ1n) is 9.65. The number of hydrogen-bond donors (Lipinski definition) is 0. The van der Waals surface area contributed by atoms with Crippen LogP contribution in [0.25, 0.3) is 0 Å². The van der Waals surface area contributed by atoms with Gasteiger partial charge in [-0.25, -0.2) is 0 Å². The summed E-state index contributed by atoms with van der Waals surface area (Å²) in [5.74, 6) is -3.43. The zero-order valence-corrected chi connectivity index (χ0v) is 17.8. The molecule has 0 fully saturated rings. The van der Waals surface area contributed by atoms with E-state index < -0.39 is 5.96 Å². The Kier molecular flexibility index (Phi) is 6.54. The van der Waals surface area contributed by atoms with Crippen molar-refractivity contribution in [2.75, 3.05) is 12.8 Å². The van der Waals surface area contributed by atoms with Gasteiger partial charge in [0, 0.05) is 0 Å². The van der Waals surface area contributed by atoms with Gasteiger partial charge < -0.3 is 0 Å². The molecule has 0 aliphatic carbocycles. The second kappa shape index (κ2) is 8.90. The molecule has 4 heteroatoms. The van der Waals surface area contributed by atoms with E-state index in [0.717, 1.165) is 15.9 Å². The summed E-state index contributed by atoms with van der Waals surface area (Å²) in [6.07, 6.45) is 1.73. The first-order chi connectivity index (χ1) is 13.6. The molecular formula is C24H26ClO2P. The third kappa shape index (κ3) is 3.85. The molecule has 2 nitrogen and oxygen atoms in total. The quantitative estimate of drug-likeness (QED) is 0.384. The minimum absolute atomic E-state index is 0.168. The van der Waals surface area contributed by atoms with Gasteiger partial charge in [-0.2, -0.15) is 0 Å². The van der Waals surface area contributed by atoms with Crippen LogP contribution >= 0.6 is 17.2 Å². The van der Waals surface area contributed by atoms with Gasteiger partial charge in [-0.1, -0.05) is 0 Å². The van der Waals surface area contributed by atoms with Crippen LogP contribution in [0.15, 0.2) is 91.0 Å². The third-order valence-corrected chi connectivity index (χ3v) is 12.7. The Morgan fingerprint density at radius 2 is 1.18 bits per heavy atom. The van der Waals surface area contributed by atoms with Gasteiger partial charge in [0.15, 0.2) is 0 Å². The van der Waals surface area contributed by atoms with Crippen LogP contribution in [0.5, 0.6) is 0 Å². The van der Waals surface area contributed by atoms with Crippen LogP contribution in [-0.2, 0) is 9.53 Å². The number of benzene rings is 3. The van der Waals surface area contributed by atoms with E-state index >= 15 is 0 Å². The Hall–Kier alpha value is -2.15. The molecule has 0 amide bonds. The standard InChI is InChI=1S/C24H26ClO2P/c1-2-27-24(26)19-12-20-28(25,21-13-6-3-7-14-21,22-15-8-4-9-16-22)23-17-10-5-11-18-23/h3-11,13-18H,2,12,19-20H2,1H3. The summed E-state index contributed by atoms with van der Waals surface area (Å²) in [7, 11) is 0. The van der Waals surface area contributed by atoms with Crippen LogP contribution < -0.4 is 15.9 Å². The predicted octanol–water partition coefficient (Wildman–Crippen LogP) is 5.01. The summed E-state index contributed by atoms with van der Waals surface area (Å²) in [4.78, 5) is 12.0. The maximum absolute atomic E-state index is 12.0. The number of carbonyl (C=O) groups excluding carboxylic acids is 1. The molecule has 3 aromatic rings. The van der Waals surface area contributed by atoms with Gasteiger partial charge in [0.05, 0.1) is 0 Å². The molecule has 0 N–H and O–H groups in total. The van der Waals surface area contributed by atoms with Crippen molar-refractivity contribution in [2.24, 2.45) is 0 Å². The second-order valence-electron chi connectivity index (χ2n) is 6.82. The molecule has 0 aromatic heterocycles. The van der Waals surface area contributed by atoms with Crippen LogP contribution in [0.2, 0.25) is 0 Å². The van der Waals surface area contributed by atoms with Crippen molar-refractivity contribution in [3.8, 4) is 0 Å². The molecule has 146 valence electrons. The number of hydrogen-bond acceptors (Lipinski definition) is 2. The Morgan fingerprint density at radius 1 is 0.786 bits per heavy atom. The van der Waals surface area contributed by atoms with Gasteiger partial charge in [0.25, 0.3) is 0 Å². The SMILES string of the molecule is CCOC(=O)CCCP(Cl)(c1ccccc1)(c1ccccc1)c1ccccc1. The number of rotatable bonds is 8. The third-order valence-electron chi connectivity index (χ3n) is 5.15. The second-order valence-corrected chi connectivity index (χ2v) is 13.4. The monoisotopic (exact) mass is 412 g/mol. The normalized spacial score (nSPS) is 12.7. The molecule has 3 rings (SSSR count). The molecule has 0 aliphatic heterocycles. The van der Waals surface area contributed by atoms with Crippen molar-refractivity contribution in [2.45, 2.75) is 19.8 Å². The molecule has 0 heterocycles. The van der Waals surface area contributed by atoms with Gasteiger partial charge >= 0.3 is 172 Å². The van der Waals surface area contributed by atoms with Crippen LogP contribution in [0.4, 0.5) is 0 Å². The predicted molar refractivity (Wildman–Crippen MR) is 122 cm³/mol. The minimum atomic E-state index is -3.26. The summed E-state index contributed by atoms with van der Waals surface area (Å²) in [6.45, 7) is 2.23. The van der Waals surface area contributed by atoms with Crippen molar-refractivity contribution < 1.29 is 9.53 Å². The fourth-order valence-electron chi connectivity index (χ4n) is 3.80. The molecule has 0 radical (unpaired) electrons.